The summed E-state index contributed by atoms with van der Waals surface area (Å²) in [7, 11) is 0. The van der Waals surface area contributed by atoms with Gasteiger partial charge in [0.25, 0.3) is 0 Å². The molecule has 0 saturated heterocycles. The zero-order chi connectivity index (χ0) is 81.7. The van der Waals surface area contributed by atoms with Crippen molar-refractivity contribution >= 4 is 257 Å². The zero-order valence-corrected chi connectivity index (χ0v) is 71.7. The summed E-state index contributed by atoms with van der Waals surface area (Å²) in [6, 6.07) is 160. The average molecular weight is 1690 g/mol. The van der Waals surface area contributed by atoms with Crippen LogP contribution < -0.4 is 19.6 Å². The Morgan fingerprint density at radius 3 is 0.702 bits per heavy atom. The minimum atomic E-state index is 1.11. The number of hydrogen-bond acceptors (Lipinski definition) is 10. The van der Waals surface area contributed by atoms with E-state index in [0.29, 0.717) is 0 Å². The molecule has 0 unspecified atom stereocenters. The van der Waals surface area contributed by atoms with Crippen molar-refractivity contribution in [2.24, 2.45) is 0 Å². The van der Waals surface area contributed by atoms with Gasteiger partial charge in [-0.15, -0.1) is 68.0 Å². The molecule has 0 spiro atoms. The third kappa shape index (κ3) is 13.1. The summed E-state index contributed by atoms with van der Waals surface area (Å²) in [6.45, 7) is 0. The second-order valence-electron chi connectivity index (χ2n) is 31.4. The average Bonchev–Trinajstić information content (AvgIpc) is 1.56. The van der Waals surface area contributed by atoms with Crippen molar-refractivity contribution in [3.63, 3.8) is 0 Å². The van der Waals surface area contributed by atoms with Crippen molar-refractivity contribution < 1.29 is 0 Å². The van der Waals surface area contributed by atoms with Crippen molar-refractivity contribution in [3.05, 3.63) is 437 Å². The number of benzene rings is 19. The van der Waals surface area contributed by atoms with Gasteiger partial charge >= 0.3 is 0 Å². The molecule has 4 nitrogen and oxygen atoms in total. The van der Waals surface area contributed by atoms with Gasteiger partial charge in [-0.1, -0.05) is 261 Å². The van der Waals surface area contributed by atoms with E-state index in [2.05, 4.69) is 456 Å². The summed E-state index contributed by atoms with van der Waals surface area (Å²) in [5, 5.41) is 15.7. The van der Waals surface area contributed by atoms with Gasteiger partial charge in [0.05, 0.1) is 10.4 Å². The molecular weight excluding hydrogens is 1620 g/mol. The Hall–Kier alpha value is -14.3. The first-order chi connectivity index (χ1) is 61.4. The van der Waals surface area contributed by atoms with E-state index in [9.17, 15) is 0 Å². The van der Waals surface area contributed by atoms with Gasteiger partial charge in [-0.05, 0) is 209 Å². The first kappa shape index (κ1) is 73.6. The van der Waals surface area contributed by atoms with Crippen molar-refractivity contribution in [3.8, 4) is 33.4 Å². The molecule has 0 N–H and O–H groups in total. The summed E-state index contributed by atoms with van der Waals surface area (Å²) in [4.78, 5) is 9.55. The summed E-state index contributed by atoms with van der Waals surface area (Å²) < 4.78 is 15.7. The van der Waals surface area contributed by atoms with Crippen LogP contribution in [0.15, 0.2) is 437 Å². The highest BCUT2D eigenvalue weighted by Crippen LogP contribution is 2.51. The van der Waals surface area contributed by atoms with E-state index in [1.807, 2.05) is 68.0 Å². The molecule has 0 bridgehead atoms. The molecule has 6 aromatic heterocycles. The fourth-order valence-electron chi connectivity index (χ4n) is 18.2. The lowest BCUT2D eigenvalue weighted by atomic mass is 10.0. The fourth-order valence-corrected chi connectivity index (χ4v) is 25.2. The van der Waals surface area contributed by atoms with Crippen LogP contribution >= 0.6 is 68.0 Å². The van der Waals surface area contributed by atoms with Crippen LogP contribution in [0.4, 0.5) is 68.2 Å². The molecule has 0 atom stereocenters. The second-order valence-corrected chi connectivity index (χ2v) is 37.8. The SMILES string of the molecule is c1ccc(N(c2ccc(-c3ccc(N(c4ccccc4)c4cccc5c4sc4ccccc45)cc3)cc2)c2ccc(-c3cccc4c3sc3ccccc34)cc2)cc1.c1ccc2c(c1)sc1cc(N(c3ccc(-c4ccc(N(c5ccc6c(c5)sc5ccccc56)c5ccc6c(c5)sc5ccccc56)cc4)cc3)c3ccc4c(c3)sc3ccccc34)ccc12. The van der Waals surface area contributed by atoms with Crippen LogP contribution in [0.25, 0.3) is 154 Å². The first-order valence-corrected chi connectivity index (χ1v) is 46.6. The topological polar surface area (TPSA) is 13.0 Å². The van der Waals surface area contributed by atoms with E-state index in [0.717, 1.165) is 62.6 Å². The molecule has 6 heterocycles. The molecule has 25 aromatic rings. The molecule has 19 aromatic carbocycles. The predicted molar refractivity (Wildman–Crippen MR) is 545 cm³/mol. The first-order valence-electron chi connectivity index (χ1n) is 41.7. The van der Waals surface area contributed by atoms with E-state index >= 15 is 0 Å². The van der Waals surface area contributed by atoms with Crippen LogP contribution in [-0.2, 0) is 0 Å². The third-order valence-corrected chi connectivity index (χ3v) is 31.1. The molecule has 584 valence electrons. The Bertz CT molecular complexity index is 7870. The van der Waals surface area contributed by atoms with E-state index in [-0.39, 0.29) is 0 Å². The van der Waals surface area contributed by atoms with E-state index < -0.39 is 0 Å². The maximum absolute atomic E-state index is 2.42. The van der Waals surface area contributed by atoms with Crippen molar-refractivity contribution in [2.75, 3.05) is 19.6 Å². The summed E-state index contributed by atoms with van der Waals surface area (Å²) in [5.74, 6) is 0. The lowest BCUT2D eigenvalue weighted by Gasteiger charge is -2.26. The summed E-state index contributed by atoms with van der Waals surface area (Å²) >= 11 is 11.2. The number of nitrogens with zero attached hydrogens (tertiary/aromatic N) is 4. The minimum absolute atomic E-state index is 1.11. The molecule has 0 saturated carbocycles. The molecule has 0 fully saturated rings. The molecule has 0 radical (unpaired) electrons. The van der Waals surface area contributed by atoms with Crippen LogP contribution in [-0.4, -0.2) is 0 Å². The maximum atomic E-state index is 2.42. The predicted octanol–water partition coefficient (Wildman–Crippen LogP) is 36.5. The van der Waals surface area contributed by atoms with Crippen molar-refractivity contribution in [1.29, 1.82) is 0 Å². The van der Waals surface area contributed by atoms with Crippen LogP contribution in [0.2, 0.25) is 0 Å². The largest absolute Gasteiger partial charge is 0.311 e. The number of rotatable bonds is 15. The summed E-state index contributed by atoms with van der Waals surface area (Å²) in [5.41, 5.74) is 20.8. The Morgan fingerprint density at radius 1 is 0.129 bits per heavy atom. The quantitative estimate of drug-likeness (QED) is 0.101. The smallest absolute Gasteiger partial charge is 0.0640 e. The highest BCUT2D eigenvalue weighted by molar-refractivity contribution is 7.28. The van der Waals surface area contributed by atoms with E-state index in [4.69, 9.17) is 0 Å². The molecule has 0 amide bonds. The van der Waals surface area contributed by atoms with Crippen LogP contribution in [0.3, 0.4) is 0 Å². The lowest BCUT2D eigenvalue weighted by Crippen LogP contribution is -2.10. The van der Waals surface area contributed by atoms with Gasteiger partial charge in [-0.25, -0.2) is 0 Å². The van der Waals surface area contributed by atoms with Gasteiger partial charge in [0, 0.05) is 179 Å². The zero-order valence-electron chi connectivity index (χ0n) is 66.8. The number of para-hydroxylation sites is 2. The van der Waals surface area contributed by atoms with Crippen molar-refractivity contribution in [1.82, 2.24) is 0 Å². The van der Waals surface area contributed by atoms with Gasteiger partial charge in [0.2, 0.25) is 0 Å². The fraction of sp³-hybridized carbons (Fsp3) is 0. The highest BCUT2D eigenvalue weighted by atomic mass is 32.1. The van der Waals surface area contributed by atoms with E-state index in [1.165, 1.54) is 160 Å². The monoisotopic (exact) mass is 1690 g/mol. The molecular formula is C114H72N4S6. The van der Waals surface area contributed by atoms with Gasteiger partial charge in [-0.3, -0.25) is 0 Å². The minimum Gasteiger partial charge on any atom is -0.311 e. The molecule has 10 heteroatoms. The molecule has 25 rings (SSSR count). The normalized spacial score (nSPS) is 11.7. The Labute approximate surface area is 740 Å². The highest BCUT2D eigenvalue weighted by Gasteiger charge is 2.24. The number of thiophene rings is 6. The van der Waals surface area contributed by atoms with Crippen molar-refractivity contribution in [2.45, 2.75) is 0 Å². The standard InChI is InChI=1S/C60H36N2S4.C54H36N2S2/c1-5-13-53-45(9-1)49-29-25-41(33-57(49)63-53)61(42-26-30-50-46-10-2-6-14-54(46)64-58(50)34-42)39-21-17-37(18-22-39)38-19-23-40(24-20-38)62(43-27-31-51-47-11-3-7-15-55(47)65-59(51)35-43)44-28-32-52-48-12-4-8-16-56(48)66-60(52)36-44;1-3-13-40(14-4-1)55(43-35-29-39(30-36-43)45-19-11-20-48-46-17-7-9-23-51(46)57-53(45)48)42-31-25-37(26-32-42)38-27-33-44(34-28-38)56(41-15-5-2-6-16-41)50-22-12-21-49-47-18-8-10-24-52(47)58-54(49)50/h1-36H;1-36H. The second kappa shape index (κ2) is 31.0. The van der Waals surface area contributed by atoms with Crippen LogP contribution in [0.1, 0.15) is 0 Å². The maximum Gasteiger partial charge on any atom is 0.0640 e. The molecule has 0 aliphatic rings. The molecule has 0 aliphatic heterocycles. The number of anilines is 12. The number of hydrogen-bond donors (Lipinski definition) is 0. The van der Waals surface area contributed by atoms with Gasteiger partial charge in [0.15, 0.2) is 0 Å². The van der Waals surface area contributed by atoms with E-state index in [1.54, 1.807) is 0 Å². The van der Waals surface area contributed by atoms with Crippen LogP contribution in [0.5, 0.6) is 0 Å². The lowest BCUT2D eigenvalue weighted by molar-refractivity contribution is 1.28. The Balaban J connectivity index is 0.000000141. The van der Waals surface area contributed by atoms with Gasteiger partial charge in [0.1, 0.15) is 0 Å². The van der Waals surface area contributed by atoms with Crippen LogP contribution in [0, 0.1) is 0 Å². The van der Waals surface area contributed by atoms with Gasteiger partial charge < -0.3 is 19.6 Å². The Morgan fingerprint density at radius 2 is 0.355 bits per heavy atom. The Kier molecular flexibility index (Phi) is 18.4. The molecule has 0 aliphatic carbocycles. The molecule has 124 heavy (non-hydrogen) atoms. The number of fused-ring (bicyclic) bond motifs is 18. The third-order valence-electron chi connectivity index (χ3n) is 24.1. The van der Waals surface area contributed by atoms with Gasteiger partial charge in [-0.2, -0.15) is 0 Å². The summed E-state index contributed by atoms with van der Waals surface area (Å²) in [6.07, 6.45) is 0.